The predicted octanol–water partition coefficient (Wildman–Crippen LogP) is 2.94. The van der Waals surface area contributed by atoms with Gasteiger partial charge >= 0.3 is 0 Å². The molecular formula is C13H19BrN2OSi. The molecule has 0 amide bonds. The Morgan fingerprint density at radius 3 is 2.44 bits per heavy atom. The molecule has 0 spiro atoms. The number of aliphatic imine (C=N–C) groups is 1. The second-order valence-corrected chi connectivity index (χ2v) is 12.2. The van der Waals surface area contributed by atoms with Crippen LogP contribution in [0.5, 0.6) is 0 Å². The summed E-state index contributed by atoms with van der Waals surface area (Å²) in [6.45, 7) is 11.6. The number of aromatic nitrogens is 1. The monoisotopic (exact) mass is 326 g/mol. The van der Waals surface area contributed by atoms with Crippen molar-refractivity contribution >= 4 is 35.2 Å². The van der Waals surface area contributed by atoms with Crippen molar-refractivity contribution in [3.8, 4) is 0 Å². The van der Waals surface area contributed by atoms with Crippen LogP contribution in [0.1, 0.15) is 19.4 Å². The summed E-state index contributed by atoms with van der Waals surface area (Å²) in [5.74, 6) is 0.704. The van der Waals surface area contributed by atoms with Gasteiger partial charge in [0.25, 0.3) is 0 Å². The molecule has 0 saturated heterocycles. The lowest BCUT2D eigenvalue weighted by molar-refractivity contribution is 0.279. The molecule has 2 heterocycles. The summed E-state index contributed by atoms with van der Waals surface area (Å²) < 4.78 is 6.70. The van der Waals surface area contributed by atoms with E-state index in [2.05, 4.69) is 65.5 Å². The lowest BCUT2D eigenvalue weighted by Gasteiger charge is -2.17. The van der Waals surface area contributed by atoms with E-state index in [4.69, 9.17) is 4.74 Å². The van der Waals surface area contributed by atoms with Crippen LogP contribution in [0, 0.1) is 0 Å². The maximum Gasteiger partial charge on any atom is 0.218 e. The lowest BCUT2D eigenvalue weighted by atomic mass is 10.1. The Labute approximate surface area is 118 Å². The van der Waals surface area contributed by atoms with Crippen molar-refractivity contribution in [3.05, 3.63) is 22.3 Å². The molecule has 0 radical (unpaired) electrons. The van der Waals surface area contributed by atoms with Gasteiger partial charge in [0.1, 0.15) is 14.7 Å². The SMILES string of the molecule is CC1(C)COC(c2cnc([Si](C)(C)C)c(Br)c2)=N1. The summed E-state index contributed by atoms with van der Waals surface area (Å²) in [6.07, 6.45) is 1.87. The highest BCUT2D eigenvalue weighted by Crippen LogP contribution is 2.22. The normalized spacial score (nSPS) is 18.4. The van der Waals surface area contributed by atoms with Crippen molar-refractivity contribution in [1.82, 2.24) is 4.98 Å². The highest BCUT2D eigenvalue weighted by atomic mass is 79.9. The Morgan fingerprint density at radius 1 is 1.33 bits per heavy atom. The summed E-state index contributed by atoms with van der Waals surface area (Å²) in [7, 11) is -1.41. The van der Waals surface area contributed by atoms with Gasteiger partial charge in [-0.2, -0.15) is 0 Å². The van der Waals surface area contributed by atoms with Crippen molar-refractivity contribution in [3.63, 3.8) is 0 Å². The first-order chi connectivity index (χ1) is 8.19. The average Bonchev–Trinajstić information content (AvgIpc) is 2.56. The van der Waals surface area contributed by atoms with Crippen LogP contribution in [-0.4, -0.2) is 31.1 Å². The molecule has 0 aromatic carbocycles. The summed E-state index contributed by atoms with van der Waals surface area (Å²) in [4.78, 5) is 9.16. The first-order valence-electron chi connectivity index (χ1n) is 6.08. The van der Waals surface area contributed by atoms with E-state index in [-0.39, 0.29) is 5.54 Å². The molecule has 1 aliphatic heterocycles. The molecule has 0 bridgehead atoms. The molecular weight excluding hydrogens is 308 g/mol. The minimum Gasteiger partial charge on any atom is -0.475 e. The van der Waals surface area contributed by atoms with Crippen LogP contribution in [0.2, 0.25) is 19.6 Å². The van der Waals surface area contributed by atoms with Crippen LogP contribution in [0.4, 0.5) is 0 Å². The van der Waals surface area contributed by atoms with Crippen molar-refractivity contribution in [2.45, 2.75) is 39.0 Å². The van der Waals surface area contributed by atoms with Gasteiger partial charge in [-0.15, -0.1) is 0 Å². The van der Waals surface area contributed by atoms with Crippen LogP contribution in [0.25, 0.3) is 0 Å². The zero-order chi connectivity index (χ0) is 13.6. The van der Waals surface area contributed by atoms with E-state index in [1.54, 1.807) is 0 Å². The summed E-state index contributed by atoms with van der Waals surface area (Å²) >= 11 is 3.62. The van der Waals surface area contributed by atoms with Crippen LogP contribution >= 0.6 is 15.9 Å². The van der Waals surface area contributed by atoms with E-state index in [9.17, 15) is 0 Å². The number of rotatable bonds is 2. The predicted molar refractivity (Wildman–Crippen MR) is 81.5 cm³/mol. The van der Waals surface area contributed by atoms with Crippen molar-refractivity contribution in [2.24, 2.45) is 4.99 Å². The zero-order valence-corrected chi connectivity index (χ0v) is 14.1. The molecule has 3 nitrogen and oxygen atoms in total. The zero-order valence-electron chi connectivity index (χ0n) is 11.5. The van der Waals surface area contributed by atoms with E-state index in [0.717, 1.165) is 10.0 Å². The fraction of sp³-hybridized carbons (Fsp3) is 0.538. The van der Waals surface area contributed by atoms with Crippen LogP contribution in [0.15, 0.2) is 21.7 Å². The number of ether oxygens (including phenoxy) is 1. The Kier molecular flexibility index (Phi) is 3.40. The van der Waals surface area contributed by atoms with E-state index in [1.807, 2.05) is 6.20 Å². The average molecular weight is 327 g/mol. The van der Waals surface area contributed by atoms with Gasteiger partial charge in [-0.1, -0.05) is 19.6 Å². The van der Waals surface area contributed by atoms with Gasteiger partial charge in [0.05, 0.1) is 11.1 Å². The second kappa shape index (κ2) is 4.45. The molecule has 1 aromatic heterocycles. The number of pyridine rings is 1. The van der Waals surface area contributed by atoms with E-state index in [0.29, 0.717) is 12.5 Å². The highest BCUT2D eigenvalue weighted by molar-refractivity contribution is 9.10. The third kappa shape index (κ3) is 2.83. The third-order valence-corrected chi connectivity index (χ3v) is 5.55. The van der Waals surface area contributed by atoms with Crippen LogP contribution < -0.4 is 5.32 Å². The minimum absolute atomic E-state index is 0.126. The molecule has 0 unspecified atom stereocenters. The fourth-order valence-corrected chi connectivity index (χ4v) is 5.21. The molecule has 0 N–H and O–H groups in total. The minimum atomic E-state index is -1.41. The van der Waals surface area contributed by atoms with Gasteiger partial charge in [0.15, 0.2) is 0 Å². The largest absolute Gasteiger partial charge is 0.475 e. The maximum atomic E-state index is 5.64. The summed E-state index contributed by atoms with van der Waals surface area (Å²) in [5, 5.41) is 1.18. The van der Waals surface area contributed by atoms with Crippen LogP contribution in [-0.2, 0) is 4.74 Å². The number of hydrogen-bond donors (Lipinski definition) is 0. The second-order valence-electron chi connectivity index (χ2n) is 6.32. The number of halogens is 1. The topological polar surface area (TPSA) is 34.5 Å². The molecule has 0 fully saturated rings. The van der Waals surface area contributed by atoms with E-state index in [1.165, 1.54) is 5.32 Å². The summed E-state index contributed by atoms with van der Waals surface area (Å²) in [5.41, 5.74) is 0.827. The summed E-state index contributed by atoms with van der Waals surface area (Å²) in [6, 6.07) is 2.07. The van der Waals surface area contributed by atoms with Gasteiger partial charge < -0.3 is 4.74 Å². The Bertz CT molecular complexity index is 506. The molecule has 1 aromatic rings. The van der Waals surface area contributed by atoms with E-state index >= 15 is 0 Å². The lowest BCUT2D eigenvalue weighted by Crippen LogP contribution is -2.41. The highest BCUT2D eigenvalue weighted by Gasteiger charge is 2.28. The van der Waals surface area contributed by atoms with Gasteiger partial charge in [0, 0.05) is 16.0 Å². The fourth-order valence-electron chi connectivity index (χ4n) is 1.84. The van der Waals surface area contributed by atoms with E-state index < -0.39 is 8.07 Å². The number of nitrogens with zero attached hydrogens (tertiary/aromatic N) is 2. The first kappa shape index (κ1) is 13.7. The maximum absolute atomic E-state index is 5.64. The Balaban J connectivity index is 2.37. The van der Waals surface area contributed by atoms with Crippen LogP contribution in [0.3, 0.4) is 0 Å². The van der Waals surface area contributed by atoms with Crippen molar-refractivity contribution < 1.29 is 4.74 Å². The molecule has 1 aliphatic rings. The molecule has 98 valence electrons. The van der Waals surface area contributed by atoms with Gasteiger partial charge in [-0.3, -0.25) is 4.98 Å². The van der Waals surface area contributed by atoms with Gasteiger partial charge in [-0.05, 0) is 35.8 Å². The number of hydrogen-bond acceptors (Lipinski definition) is 3. The van der Waals surface area contributed by atoms with Crippen molar-refractivity contribution in [2.75, 3.05) is 6.61 Å². The molecule has 0 saturated carbocycles. The third-order valence-electron chi connectivity index (χ3n) is 2.76. The first-order valence-corrected chi connectivity index (χ1v) is 10.4. The molecule has 2 rings (SSSR count). The molecule has 5 heteroatoms. The van der Waals surface area contributed by atoms with Gasteiger partial charge in [0.2, 0.25) is 5.90 Å². The molecule has 0 atom stereocenters. The quantitative estimate of drug-likeness (QED) is 0.783. The van der Waals surface area contributed by atoms with Gasteiger partial charge in [-0.25, -0.2) is 4.99 Å². The Hall–Kier alpha value is -0.683. The van der Waals surface area contributed by atoms with Crippen molar-refractivity contribution in [1.29, 1.82) is 0 Å². The standard InChI is InChI=1S/C13H19BrN2OSi/c1-13(2)8-17-11(16-13)9-6-10(14)12(15-7-9)18(3,4)5/h6-7H,8H2,1-5H3. The smallest absolute Gasteiger partial charge is 0.218 e. The molecule has 0 aliphatic carbocycles. The molecule has 18 heavy (non-hydrogen) atoms. The Morgan fingerprint density at radius 2 is 2.00 bits per heavy atom.